The maximum Gasteiger partial charge on any atom is 0.263 e. The van der Waals surface area contributed by atoms with Crippen molar-refractivity contribution in [3.63, 3.8) is 0 Å². The summed E-state index contributed by atoms with van der Waals surface area (Å²) < 4.78 is 8.99. The highest BCUT2D eigenvalue weighted by atomic mass is 32.2. The Kier molecular flexibility index (Phi) is 4.88. The zero-order valence-electron chi connectivity index (χ0n) is 11.9. The highest BCUT2D eigenvalue weighted by Gasteiger charge is 2.18. The second-order valence-electron chi connectivity index (χ2n) is 4.19. The molecule has 0 saturated heterocycles. The molecule has 2 aromatic rings. The van der Waals surface area contributed by atoms with Crippen molar-refractivity contribution in [3.8, 4) is 5.75 Å². The van der Waals surface area contributed by atoms with E-state index in [9.17, 15) is 0 Å². The van der Waals surface area contributed by atoms with E-state index in [1.54, 1.807) is 7.11 Å². The summed E-state index contributed by atoms with van der Waals surface area (Å²) in [7, 11) is 1.72. The monoisotopic (exact) mass is 294 g/mol. The molecule has 1 aromatic carbocycles. The summed E-state index contributed by atoms with van der Waals surface area (Å²) in [5.74, 6) is 0.920. The molecule has 0 radical (unpaired) electrons. The number of benzene rings is 1. The average Bonchev–Trinajstić information content (AvgIpc) is 2.80. The minimum Gasteiger partial charge on any atom is -0.497 e. The Morgan fingerprint density at radius 2 is 2.21 bits per heavy atom. The van der Waals surface area contributed by atoms with Crippen molar-refractivity contribution in [1.82, 2.24) is 0 Å². The lowest BCUT2D eigenvalue weighted by molar-refractivity contribution is -0.665. The fourth-order valence-corrected chi connectivity index (χ4v) is 3.85. The Morgan fingerprint density at radius 3 is 2.79 bits per heavy atom. The number of ether oxygens (including phenoxy) is 1. The Balaban J connectivity index is 2.59. The van der Waals surface area contributed by atoms with Gasteiger partial charge in [0.1, 0.15) is 17.0 Å². The van der Waals surface area contributed by atoms with E-state index in [0.29, 0.717) is 0 Å². The molecule has 19 heavy (non-hydrogen) atoms. The molecule has 0 fully saturated rings. The van der Waals surface area contributed by atoms with Gasteiger partial charge in [-0.05, 0) is 36.6 Å². The molecule has 0 amide bonds. The van der Waals surface area contributed by atoms with E-state index < -0.39 is 0 Å². The van der Waals surface area contributed by atoms with Gasteiger partial charge in [-0.15, -0.1) is 11.8 Å². The maximum atomic E-state index is 5.33. The van der Waals surface area contributed by atoms with Gasteiger partial charge in [-0.3, -0.25) is 0 Å². The fraction of sp³-hybridized carbons (Fsp3) is 0.400. The van der Waals surface area contributed by atoms with Crippen LogP contribution in [0.4, 0.5) is 0 Å². The van der Waals surface area contributed by atoms with Gasteiger partial charge in [0.2, 0.25) is 5.52 Å². The second kappa shape index (κ2) is 6.44. The first-order valence-corrected chi connectivity index (χ1v) is 8.52. The van der Waals surface area contributed by atoms with Crippen LogP contribution in [0.15, 0.2) is 23.1 Å². The summed E-state index contributed by atoms with van der Waals surface area (Å²) in [6.07, 6.45) is 5.54. The molecule has 0 unspecified atom stereocenters. The van der Waals surface area contributed by atoms with Crippen molar-refractivity contribution in [2.75, 3.05) is 13.4 Å². The standard InChI is InChI=1S/C15H20NOS2/c1-5-12(18-4)10-15-16(6-2)13-9-11(17-3)7-8-14(13)19-15/h7-10H,5-6H2,1-4H3/q+1. The van der Waals surface area contributed by atoms with Crippen molar-refractivity contribution < 1.29 is 9.30 Å². The molecule has 0 bridgehead atoms. The molecule has 2 nitrogen and oxygen atoms in total. The number of nitrogens with zero attached hydrogens (tertiary/aromatic N) is 1. The molecule has 102 valence electrons. The van der Waals surface area contributed by atoms with E-state index in [1.807, 2.05) is 29.2 Å². The number of hydrogen-bond donors (Lipinski definition) is 0. The summed E-state index contributed by atoms with van der Waals surface area (Å²) in [5.41, 5.74) is 1.26. The third-order valence-electron chi connectivity index (χ3n) is 3.15. The Hall–Kier alpha value is -1.000. The topological polar surface area (TPSA) is 13.1 Å². The first-order chi connectivity index (χ1) is 9.23. The third kappa shape index (κ3) is 2.95. The van der Waals surface area contributed by atoms with Crippen molar-refractivity contribution in [1.29, 1.82) is 0 Å². The Morgan fingerprint density at radius 1 is 1.42 bits per heavy atom. The van der Waals surface area contributed by atoms with Crippen LogP contribution in [0, 0.1) is 0 Å². The summed E-state index contributed by atoms with van der Waals surface area (Å²) in [5, 5.41) is 1.32. The average molecular weight is 294 g/mol. The predicted octanol–water partition coefficient (Wildman–Crippen LogP) is 4.33. The first kappa shape index (κ1) is 14.4. The Bertz CT molecular complexity index is 595. The number of fused-ring (bicyclic) bond motifs is 1. The zero-order valence-corrected chi connectivity index (χ0v) is 13.5. The van der Waals surface area contributed by atoms with Gasteiger partial charge in [0.05, 0.1) is 13.2 Å². The van der Waals surface area contributed by atoms with Crippen LogP contribution < -0.4 is 9.30 Å². The smallest absolute Gasteiger partial charge is 0.263 e. The van der Waals surface area contributed by atoms with Crippen LogP contribution in [0.2, 0.25) is 0 Å². The molecular weight excluding hydrogens is 274 g/mol. The lowest BCUT2D eigenvalue weighted by Gasteiger charge is -1.98. The number of aromatic nitrogens is 1. The van der Waals surface area contributed by atoms with Crippen LogP contribution in [0.1, 0.15) is 25.3 Å². The van der Waals surface area contributed by atoms with Gasteiger partial charge in [-0.25, -0.2) is 0 Å². The van der Waals surface area contributed by atoms with Crippen LogP contribution in [0.25, 0.3) is 16.3 Å². The van der Waals surface area contributed by atoms with Gasteiger partial charge in [-0.1, -0.05) is 18.3 Å². The third-order valence-corrected chi connectivity index (χ3v) is 5.19. The molecule has 1 aromatic heterocycles. The molecule has 0 aliphatic carbocycles. The first-order valence-electron chi connectivity index (χ1n) is 6.48. The number of allylic oxidation sites excluding steroid dienone is 1. The zero-order chi connectivity index (χ0) is 13.8. The van der Waals surface area contributed by atoms with E-state index in [1.165, 1.54) is 20.1 Å². The van der Waals surface area contributed by atoms with Crippen molar-refractivity contribution in [2.24, 2.45) is 0 Å². The van der Waals surface area contributed by atoms with Crippen molar-refractivity contribution >= 4 is 39.4 Å². The van der Waals surface area contributed by atoms with Gasteiger partial charge in [0.15, 0.2) is 0 Å². The summed E-state index contributed by atoms with van der Waals surface area (Å²) in [6.45, 7) is 5.37. The van der Waals surface area contributed by atoms with Gasteiger partial charge >= 0.3 is 0 Å². The molecule has 0 aliphatic heterocycles. The number of thiazole rings is 1. The quantitative estimate of drug-likeness (QED) is 0.761. The van der Waals surface area contributed by atoms with E-state index in [-0.39, 0.29) is 0 Å². The molecular formula is C15H20NOS2+. The molecule has 1 heterocycles. The van der Waals surface area contributed by atoms with E-state index in [4.69, 9.17) is 4.74 Å². The summed E-state index contributed by atoms with van der Waals surface area (Å²) in [4.78, 5) is 1.42. The van der Waals surface area contributed by atoms with Gasteiger partial charge in [-0.2, -0.15) is 4.57 Å². The van der Waals surface area contributed by atoms with E-state index in [0.717, 1.165) is 18.7 Å². The molecule has 0 spiro atoms. The molecule has 4 heteroatoms. The van der Waals surface area contributed by atoms with E-state index in [2.05, 4.69) is 42.9 Å². The van der Waals surface area contributed by atoms with Crippen LogP contribution >= 0.6 is 23.1 Å². The Labute approximate surface area is 123 Å². The highest BCUT2D eigenvalue weighted by Crippen LogP contribution is 2.28. The maximum absolute atomic E-state index is 5.33. The van der Waals surface area contributed by atoms with Gasteiger partial charge in [0, 0.05) is 6.08 Å². The van der Waals surface area contributed by atoms with E-state index >= 15 is 0 Å². The van der Waals surface area contributed by atoms with Gasteiger partial charge in [0.25, 0.3) is 5.01 Å². The number of aryl methyl sites for hydroxylation is 1. The molecule has 0 atom stereocenters. The number of thioether (sulfide) groups is 1. The fourth-order valence-electron chi connectivity index (χ4n) is 2.08. The minimum atomic E-state index is 0.920. The molecule has 0 aliphatic rings. The largest absolute Gasteiger partial charge is 0.497 e. The van der Waals surface area contributed by atoms with Crippen LogP contribution in [0.5, 0.6) is 5.75 Å². The summed E-state index contributed by atoms with van der Waals surface area (Å²) >= 11 is 3.68. The van der Waals surface area contributed by atoms with Crippen molar-refractivity contribution in [2.45, 2.75) is 26.8 Å². The molecule has 0 saturated carbocycles. The highest BCUT2D eigenvalue weighted by molar-refractivity contribution is 8.02. The number of methoxy groups -OCH3 is 1. The van der Waals surface area contributed by atoms with Crippen LogP contribution in [-0.4, -0.2) is 13.4 Å². The normalized spacial score (nSPS) is 12.1. The lowest BCUT2D eigenvalue weighted by Crippen LogP contribution is -2.33. The van der Waals surface area contributed by atoms with Crippen LogP contribution in [0.3, 0.4) is 0 Å². The molecule has 0 N–H and O–H groups in total. The van der Waals surface area contributed by atoms with Gasteiger partial charge < -0.3 is 4.74 Å². The predicted molar refractivity (Wildman–Crippen MR) is 86.0 cm³/mol. The lowest BCUT2D eigenvalue weighted by atomic mass is 10.3. The number of hydrogen-bond acceptors (Lipinski definition) is 3. The SMILES string of the molecule is CCC(=Cc1sc2ccc(OC)cc2[n+]1CC)SC. The number of rotatable bonds is 5. The van der Waals surface area contributed by atoms with Crippen LogP contribution in [-0.2, 0) is 6.54 Å². The van der Waals surface area contributed by atoms with Crippen molar-refractivity contribution in [3.05, 3.63) is 28.1 Å². The summed E-state index contributed by atoms with van der Waals surface area (Å²) in [6, 6.07) is 6.30. The molecule has 2 rings (SSSR count). The minimum absolute atomic E-state index is 0.920. The second-order valence-corrected chi connectivity index (χ2v) is 6.18.